The number of pyridine rings is 1. The summed E-state index contributed by atoms with van der Waals surface area (Å²) in [6.45, 7) is 4.70. The molecule has 0 aromatic carbocycles. The Labute approximate surface area is 123 Å². The van der Waals surface area contributed by atoms with Gasteiger partial charge in [-0.1, -0.05) is 6.07 Å². The number of rotatable bonds is 5. The third-order valence-corrected chi connectivity index (χ3v) is 5.19. The van der Waals surface area contributed by atoms with Gasteiger partial charge in [0.1, 0.15) is 0 Å². The molecule has 21 heavy (non-hydrogen) atoms. The van der Waals surface area contributed by atoms with Crippen molar-refractivity contribution in [3.05, 3.63) is 23.4 Å². The van der Waals surface area contributed by atoms with E-state index in [-0.39, 0.29) is 18.6 Å². The van der Waals surface area contributed by atoms with Gasteiger partial charge in [0.15, 0.2) is 5.44 Å². The molecule has 0 saturated carbocycles. The van der Waals surface area contributed by atoms with Crippen LogP contribution in [0.2, 0.25) is 0 Å². The van der Waals surface area contributed by atoms with Gasteiger partial charge in [-0.3, -0.25) is 4.57 Å². The van der Waals surface area contributed by atoms with Crippen molar-refractivity contribution in [2.24, 2.45) is 0 Å². The number of hydrogen-bond acceptors (Lipinski definition) is 5. The van der Waals surface area contributed by atoms with E-state index in [1.54, 1.807) is 26.0 Å². The predicted molar refractivity (Wildman–Crippen MR) is 76.9 cm³/mol. The standard InChI is InChI=1S/C13H19N2O5P/c1-3-19-21(18,20-4-2)12-6-5-10-9-15(13(16)17)8-7-11(10)14-12/h5-6H,3-4,7-9H2,1-2H3,(H,16,17). The van der Waals surface area contributed by atoms with E-state index in [4.69, 9.17) is 14.2 Å². The highest BCUT2D eigenvalue weighted by Crippen LogP contribution is 2.46. The molecule has 116 valence electrons. The topological polar surface area (TPSA) is 89.0 Å². The minimum Gasteiger partial charge on any atom is -0.465 e. The first-order chi connectivity index (χ1) is 10.00. The van der Waals surface area contributed by atoms with Gasteiger partial charge in [-0.25, -0.2) is 9.78 Å². The van der Waals surface area contributed by atoms with Crippen molar-refractivity contribution in [2.45, 2.75) is 26.8 Å². The van der Waals surface area contributed by atoms with E-state index in [0.717, 1.165) is 11.3 Å². The molecule has 0 unspecified atom stereocenters. The van der Waals surface area contributed by atoms with Gasteiger partial charge in [-0.2, -0.15) is 0 Å². The smallest absolute Gasteiger partial charge is 0.407 e. The molecule has 0 bridgehead atoms. The number of fused-ring (bicyclic) bond motifs is 1. The van der Waals surface area contributed by atoms with Crippen molar-refractivity contribution >= 4 is 19.1 Å². The largest absolute Gasteiger partial charge is 0.465 e. The summed E-state index contributed by atoms with van der Waals surface area (Å²) in [5, 5.41) is 9.01. The van der Waals surface area contributed by atoms with Crippen LogP contribution in [-0.2, 0) is 26.6 Å². The lowest BCUT2D eigenvalue weighted by molar-refractivity contribution is 0.139. The third kappa shape index (κ3) is 3.43. The lowest BCUT2D eigenvalue weighted by Gasteiger charge is -2.26. The molecule has 1 N–H and O–H groups in total. The van der Waals surface area contributed by atoms with E-state index < -0.39 is 13.7 Å². The molecular formula is C13H19N2O5P. The number of carbonyl (C=O) groups is 1. The van der Waals surface area contributed by atoms with Crippen molar-refractivity contribution in [3.63, 3.8) is 0 Å². The second-order valence-electron chi connectivity index (χ2n) is 4.56. The van der Waals surface area contributed by atoms with Crippen molar-refractivity contribution in [3.8, 4) is 0 Å². The zero-order valence-electron chi connectivity index (χ0n) is 12.1. The maximum atomic E-state index is 12.7. The molecule has 2 rings (SSSR count). The van der Waals surface area contributed by atoms with Gasteiger partial charge in [0.05, 0.1) is 19.8 Å². The van der Waals surface area contributed by atoms with Crippen LogP contribution >= 0.6 is 7.60 Å². The second kappa shape index (κ2) is 6.56. The van der Waals surface area contributed by atoms with Gasteiger partial charge in [-0.05, 0) is 25.5 Å². The summed E-state index contributed by atoms with van der Waals surface area (Å²) in [5.41, 5.74) is 1.87. The average Bonchev–Trinajstić information content (AvgIpc) is 2.46. The van der Waals surface area contributed by atoms with Gasteiger partial charge in [0.25, 0.3) is 0 Å². The summed E-state index contributed by atoms with van der Waals surface area (Å²) < 4.78 is 23.2. The van der Waals surface area contributed by atoms with Gasteiger partial charge >= 0.3 is 13.7 Å². The van der Waals surface area contributed by atoms with Crippen molar-refractivity contribution in [1.82, 2.24) is 9.88 Å². The molecule has 2 heterocycles. The summed E-state index contributed by atoms with van der Waals surface area (Å²) in [6, 6.07) is 3.34. The molecule has 7 nitrogen and oxygen atoms in total. The Morgan fingerprint density at radius 2 is 2.05 bits per heavy atom. The Morgan fingerprint density at radius 1 is 1.38 bits per heavy atom. The Bertz CT molecular complexity index is 568. The third-order valence-electron chi connectivity index (χ3n) is 3.18. The lowest BCUT2D eigenvalue weighted by atomic mass is 10.1. The molecule has 1 aromatic heterocycles. The van der Waals surface area contributed by atoms with E-state index in [0.29, 0.717) is 19.5 Å². The van der Waals surface area contributed by atoms with Gasteiger partial charge in [0, 0.05) is 18.7 Å². The molecule has 0 fully saturated rings. The number of nitrogens with zero attached hydrogens (tertiary/aromatic N) is 2. The first-order valence-electron chi connectivity index (χ1n) is 6.86. The molecule has 1 amide bonds. The Balaban J connectivity index is 2.29. The zero-order chi connectivity index (χ0) is 15.5. The van der Waals surface area contributed by atoms with Crippen LogP contribution in [0.15, 0.2) is 12.1 Å². The Hall–Kier alpha value is -1.43. The molecule has 0 aliphatic carbocycles. The van der Waals surface area contributed by atoms with Crippen LogP contribution in [-0.4, -0.2) is 40.8 Å². The monoisotopic (exact) mass is 314 g/mol. The van der Waals surface area contributed by atoms with Crippen LogP contribution in [0.5, 0.6) is 0 Å². The average molecular weight is 314 g/mol. The molecule has 1 aliphatic heterocycles. The van der Waals surface area contributed by atoms with Gasteiger partial charge in [-0.15, -0.1) is 0 Å². The van der Waals surface area contributed by atoms with Gasteiger partial charge in [0.2, 0.25) is 0 Å². The first kappa shape index (κ1) is 15.9. The van der Waals surface area contributed by atoms with Crippen LogP contribution in [0.3, 0.4) is 0 Å². The summed E-state index contributed by atoms with van der Waals surface area (Å²) in [5.74, 6) is 0. The molecule has 0 saturated heterocycles. The molecule has 0 atom stereocenters. The molecule has 1 aliphatic rings. The van der Waals surface area contributed by atoms with Crippen LogP contribution in [0.1, 0.15) is 25.1 Å². The van der Waals surface area contributed by atoms with E-state index in [1.807, 2.05) is 0 Å². The predicted octanol–water partition coefficient (Wildman–Crippen LogP) is 2.01. The Morgan fingerprint density at radius 3 is 2.62 bits per heavy atom. The van der Waals surface area contributed by atoms with Gasteiger partial charge < -0.3 is 19.1 Å². The SMILES string of the molecule is CCOP(=O)(OCC)c1ccc2c(n1)CCN(C(=O)O)C2. The first-order valence-corrected chi connectivity index (χ1v) is 8.40. The fraction of sp³-hybridized carbons (Fsp3) is 0.538. The lowest BCUT2D eigenvalue weighted by Crippen LogP contribution is -2.36. The normalized spacial score (nSPS) is 14.9. The van der Waals surface area contributed by atoms with E-state index in [9.17, 15) is 9.36 Å². The molecule has 0 spiro atoms. The molecule has 8 heteroatoms. The second-order valence-corrected chi connectivity index (χ2v) is 6.53. The molecule has 1 aromatic rings. The molecular weight excluding hydrogens is 295 g/mol. The summed E-state index contributed by atoms with van der Waals surface area (Å²) in [4.78, 5) is 16.7. The summed E-state index contributed by atoms with van der Waals surface area (Å²) >= 11 is 0. The van der Waals surface area contributed by atoms with E-state index >= 15 is 0 Å². The Kier molecular flexibility index (Phi) is 4.98. The van der Waals surface area contributed by atoms with Crippen molar-refractivity contribution < 1.29 is 23.5 Å². The zero-order valence-corrected chi connectivity index (χ0v) is 13.0. The summed E-state index contributed by atoms with van der Waals surface area (Å²) in [7, 11) is -3.39. The van der Waals surface area contributed by atoms with Crippen LogP contribution in [0.4, 0.5) is 4.79 Å². The highest BCUT2D eigenvalue weighted by molar-refractivity contribution is 7.61. The highest BCUT2D eigenvalue weighted by atomic mass is 31.2. The number of amides is 1. The quantitative estimate of drug-likeness (QED) is 0.836. The fourth-order valence-electron chi connectivity index (χ4n) is 2.23. The maximum Gasteiger partial charge on any atom is 0.407 e. The summed E-state index contributed by atoms with van der Waals surface area (Å²) in [6.07, 6.45) is -0.452. The molecule has 0 radical (unpaired) electrons. The highest BCUT2D eigenvalue weighted by Gasteiger charge is 2.30. The maximum absolute atomic E-state index is 12.7. The van der Waals surface area contributed by atoms with E-state index in [1.165, 1.54) is 4.90 Å². The van der Waals surface area contributed by atoms with E-state index in [2.05, 4.69) is 4.98 Å². The van der Waals surface area contributed by atoms with Crippen molar-refractivity contribution in [2.75, 3.05) is 19.8 Å². The van der Waals surface area contributed by atoms with Crippen molar-refractivity contribution in [1.29, 1.82) is 0 Å². The number of carboxylic acid groups (broad SMARTS) is 1. The van der Waals surface area contributed by atoms with Crippen LogP contribution in [0, 0.1) is 0 Å². The minimum absolute atomic E-state index is 0.267. The number of hydrogen-bond donors (Lipinski definition) is 1. The number of aromatic nitrogens is 1. The van der Waals surface area contributed by atoms with Crippen LogP contribution < -0.4 is 5.44 Å². The minimum atomic E-state index is -3.39. The van der Waals surface area contributed by atoms with Crippen LogP contribution in [0.25, 0.3) is 0 Å². The fourth-order valence-corrected chi connectivity index (χ4v) is 3.75.